The minimum atomic E-state index is -0.612. The fourth-order valence-corrected chi connectivity index (χ4v) is 2.44. The van der Waals surface area contributed by atoms with E-state index in [1.165, 1.54) is 0 Å². The number of alkyl halides is 1. The van der Waals surface area contributed by atoms with Gasteiger partial charge in [-0.1, -0.05) is 15.9 Å². The van der Waals surface area contributed by atoms with Crippen molar-refractivity contribution >= 4 is 15.9 Å². The molecule has 0 bridgehead atoms. The van der Waals surface area contributed by atoms with Crippen molar-refractivity contribution in [1.82, 2.24) is 0 Å². The third kappa shape index (κ3) is 1.25. The van der Waals surface area contributed by atoms with E-state index in [0.29, 0.717) is 12.8 Å². The van der Waals surface area contributed by atoms with E-state index >= 15 is 0 Å². The fraction of sp³-hybridized carbons (Fsp3) is 0.833. The molecule has 0 amide bonds. The van der Waals surface area contributed by atoms with Gasteiger partial charge >= 0.3 is 0 Å². The average Bonchev–Trinajstić information content (AvgIpc) is 1.61. The molecule has 0 radical (unpaired) electrons. The molecule has 0 atom stereocenters. The molecule has 1 N–H and O–H groups in total. The van der Waals surface area contributed by atoms with Crippen LogP contribution in [0.4, 0.5) is 0 Å². The maximum absolute atomic E-state index is 9.20. The second-order valence-electron chi connectivity index (χ2n) is 2.93. The Balaban J connectivity index is 2.54. The normalized spacial score (nSPS) is 49.6. The van der Waals surface area contributed by atoms with Crippen molar-refractivity contribution in [3.8, 4) is 6.07 Å². The lowest BCUT2D eigenvalue weighted by Gasteiger charge is -2.43. The van der Waals surface area contributed by atoms with Crippen molar-refractivity contribution in [3.05, 3.63) is 0 Å². The van der Waals surface area contributed by atoms with Crippen molar-refractivity contribution in [3.63, 3.8) is 0 Å². The van der Waals surface area contributed by atoms with Gasteiger partial charge in [-0.05, 0) is 6.92 Å². The van der Waals surface area contributed by atoms with Crippen molar-refractivity contribution in [2.45, 2.75) is 29.7 Å². The molecule has 2 nitrogen and oxygen atoms in total. The van der Waals surface area contributed by atoms with Gasteiger partial charge in [0.2, 0.25) is 0 Å². The molecule has 0 saturated heterocycles. The molecule has 1 aliphatic rings. The molecule has 0 aromatic carbocycles. The molecule has 1 rings (SSSR count). The zero-order valence-electron chi connectivity index (χ0n) is 5.19. The van der Waals surface area contributed by atoms with Crippen LogP contribution in [-0.4, -0.2) is 15.0 Å². The third-order valence-corrected chi connectivity index (χ3v) is 2.26. The van der Waals surface area contributed by atoms with Crippen LogP contribution in [0.2, 0.25) is 0 Å². The topological polar surface area (TPSA) is 44.0 Å². The Hall–Kier alpha value is -0.0700. The van der Waals surface area contributed by atoms with Gasteiger partial charge in [-0.15, -0.1) is 0 Å². The first-order valence-electron chi connectivity index (χ1n) is 2.80. The highest BCUT2D eigenvalue weighted by molar-refractivity contribution is 9.10. The highest BCUT2D eigenvalue weighted by Crippen LogP contribution is 2.46. The van der Waals surface area contributed by atoms with E-state index in [4.69, 9.17) is 5.26 Å². The van der Waals surface area contributed by atoms with Crippen LogP contribution >= 0.6 is 15.9 Å². The number of rotatable bonds is 0. The number of halogens is 1. The summed E-state index contributed by atoms with van der Waals surface area (Å²) in [6, 6.07) is 2.09. The van der Waals surface area contributed by atoms with Crippen molar-refractivity contribution in [2.24, 2.45) is 0 Å². The molecule has 0 spiro atoms. The first-order chi connectivity index (χ1) is 3.97. The van der Waals surface area contributed by atoms with E-state index in [1.54, 1.807) is 6.92 Å². The number of hydrogen-bond acceptors (Lipinski definition) is 2. The Morgan fingerprint density at radius 2 is 2.11 bits per heavy atom. The molecule has 0 aromatic rings. The van der Waals surface area contributed by atoms with Gasteiger partial charge in [0.15, 0.2) is 0 Å². The van der Waals surface area contributed by atoms with Crippen LogP contribution < -0.4 is 0 Å². The number of hydrogen-bond donors (Lipinski definition) is 1. The van der Waals surface area contributed by atoms with Gasteiger partial charge < -0.3 is 5.11 Å². The van der Waals surface area contributed by atoms with E-state index in [2.05, 4.69) is 22.0 Å². The Labute approximate surface area is 62.6 Å². The lowest BCUT2D eigenvalue weighted by atomic mass is 9.73. The van der Waals surface area contributed by atoms with E-state index in [-0.39, 0.29) is 0 Å². The summed E-state index contributed by atoms with van der Waals surface area (Å²) in [5.74, 6) is 0. The van der Waals surface area contributed by atoms with Crippen molar-refractivity contribution in [1.29, 1.82) is 5.26 Å². The smallest absolute Gasteiger partial charge is 0.117 e. The second kappa shape index (κ2) is 1.71. The van der Waals surface area contributed by atoms with Gasteiger partial charge in [0.05, 0.1) is 11.7 Å². The summed E-state index contributed by atoms with van der Waals surface area (Å²) < 4.78 is -0.434. The lowest BCUT2D eigenvalue weighted by molar-refractivity contribution is -0.0246. The summed E-state index contributed by atoms with van der Waals surface area (Å²) in [6.07, 6.45) is 1.08. The third-order valence-electron chi connectivity index (χ3n) is 1.52. The number of nitriles is 1. The van der Waals surface area contributed by atoms with Gasteiger partial charge in [0.1, 0.15) is 4.32 Å². The Bertz CT molecular complexity index is 162. The van der Waals surface area contributed by atoms with Crippen LogP contribution in [0.25, 0.3) is 0 Å². The largest absolute Gasteiger partial charge is 0.390 e. The van der Waals surface area contributed by atoms with Crippen LogP contribution in [0.15, 0.2) is 0 Å². The molecular weight excluding hydrogens is 182 g/mol. The zero-order valence-corrected chi connectivity index (χ0v) is 6.77. The average molecular weight is 190 g/mol. The Kier molecular flexibility index (Phi) is 1.34. The maximum atomic E-state index is 9.20. The summed E-state index contributed by atoms with van der Waals surface area (Å²) in [6.45, 7) is 1.74. The molecule has 50 valence electrons. The fourth-order valence-electron chi connectivity index (χ4n) is 1.23. The Morgan fingerprint density at radius 1 is 1.67 bits per heavy atom. The summed E-state index contributed by atoms with van der Waals surface area (Å²) in [5.41, 5.74) is -0.612. The van der Waals surface area contributed by atoms with Crippen LogP contribution in [-0.2, 0) is 0 Å². The van der Waals surface area contributed by atoms with Gasteiger partial charge in [-0.25, -0.2) is 0 Å². The zero-order chi connectivity index (χ0) is 7.12. The monoisotopic (exact) mass is 189 g/mol. The summed E-state index contributed by atoms with van der Waals surface area (Å²) in [7, 11) is 0. The van der Waals surface area contributed by atoms with Crippen molar-refractivity contribution < 1.29 is 5.11 Å². The van der Waals surface area contributed by atoms with Crippen LogP contribution in [0.1, 0.15) is 19.8 Å². The molecule has 1 saturated carbocycles. The van der Waals surface area contributed by atoms with Crippen LogP contribution in [0.5, 0.6) is 0 Å². The Morgan fingerprint density at radius 3 is 2.22 bits per heavy atom. The van der Waals surface area contributed by atoms with E-state index in [1.807, 2.05) is 0 Å². The van der Waals surface area contributed by atoms with Gasteiger partial charge in [-0.3, -0.25) is 0 Å². The molecule has 0 aromatic heterocycles. The molecule has 9 heavy (non-hydrogen) atoms. The minimum Gasteiger partial charge on any atom is -0.390 e. The van der Waals surface area contributed by atoms with Crippen LogP contribution in [0, 0.1) is 11.3 Å². The lowest BCUT2D eigenvalue weighted by Crippen LogP contribution is -2.50. The summed E-state index contributed by atoms with van der Waals surface area (Å²) >= 11 is 3.22. The first kappa shape index (κ1) is 7.04. The molecule has 1 fully saturated rings. The maximum Gasteiger partial charge on any atom is 0.117 e. The summed E-state index contributed by atoms with van der Waals surface area (Å²) in [5, 5.41) is 17.7. The highest BCUT2D eigenvalue weighted by atomic mass is 79.9. The molecule has 3 heteroatoms. The van der Waals surface area contributed by atoms with Gasteiger partial charge in [-0.2, -0.15) is 5.26 Å². The van der Waals surface area contributed by atoms with E-state index < -0.39 is 9.93 Å². The first-order valence-corrected chi connectivity index (χ1v) is 3.59. The van der Waals surface area contributed by atoms with Gasteiger partial charge in [0.25, 0.3) is 0 Å². The van der Waals surface area contributed by atoms with E-state index in [9.17, 15) is 5.11 Å². The molecule has 0 aliphatic heterocycles. The minimum absolute atomic E-state index is 0.434. The molecule has 1 aliphatic carbocycles. The quantitative estimate of drug-likeness (QED) is 0.583. The number of nitrogens with zero attached hydrogens (tertiary/aromatic N) is 1. The molecule has 0 heterocycles. The predicted molar refractivity (Wildman–Crippen MR) is 37.1 cm³/mol. The molecular formula is C6H8BrNO. The summed E-state index contributed by atoms with van der Waals surface area (Å²) in [4.78, 5) is 0. The van der Waals surface area contributed by atoms with E-state index in [0.717, 1.165) is 0 Å². The number of aliphatic hydroxyl groups is 1. The second-order valence-corrected chi connectivity index (χ2v) is 4.45. The highest BCUT2D eigenvalue weighted by Gasteiger charge is 2.49. The molecule has 0 unspecified atom stereocenters. The SMILES string of the molecule is CC1(O)CC(Br)(C#N)C1. The van der Waals surface area contributed by atoms with Crippen LogP contribution in [0.3, 0.4) is 0 Å². The standard InChI is InChI=1S/C6H8BrNO/c1-5(9)2-6(7,3-5)4-8/h9H,2-3H2,1H3. The van der Waals surface area contributed by atoms with Crippen molar-refractivity contribution in [2.75, 3.05) is 0 Å². The van der Waals surface area contributed by atoms with Gasteiger partial charge in [0, 0.05) is 12.8 Å². The predicted octanol–water partition coefficient (Wildman–Crippen LogP) is 1.19.